The summed E-state index contributed by atoms with van der Waals surface area (Å²) in [5.41, 5.74) is 1.93. The Morgan fingerprint density at radius 3 is 2.33 bits per heavy atom. The summed E-state index contributed by atoms with van der Waals surface area (Å²) in [6, 6.07) is 13.7. The van der Waals surface area contributed by atoms with Crippen molar-refractivity contribution in [3.05, 3.63) is 59.7 Å². The van der Waals surface area contributed by atoms with Gasteiger partial charge in [-0.05, 0) is 49.2 Å². The number of benzene rings is 2. The van der Waals surface area contributed by atoms with Crippen LogP contribution in [-0.2, 0) is 19.1 Å². The first-order chi connectivity index (χ1) is 15.8. The number of rotatable bonds is 11. The molecule has 0 saturated carbocycles. The van der Waals surface area contributed by atoms with Gasteiger partial charge >= 0.3 is 5.97 Å². The Hall–Kier alpha value is -3.88. The van der Waals surface area contributed by atoms with E-state index in [1.807, 2.05) is 32.0 Å². The molecule has 0 heterocycles. The van der Waals surface area contributed by atoms with Crippen molar-refractivity contribution in [2.75, 3.05) is 38.7 Å². The summed E-state index contributed by atoms with van der Waals surface area (Å²) >= 11 is 0. The Bertz CT molecular complexity index is 974. The van der Waals surface area contributed by atoms with Crippen molar-refractivity contribution >= 4 is 29.4 Å². The minimum atomic E-state index is -0.758. The Labute approximate surface area is 193 Å². The third-order valence-electron chi connectivity index (χ3n) is 4.70. The van der Waals surface area contributed by atoms with Crippen LogP contribution in [-0.4, -0.2) is 61.9 Å². The normalized spacial score (nSPS) is 10.2. The van der Waals surface area contributed by atoms with Gasteiger partial charge in [0.05, 0.1) is 13.7 Å². The van der Waals surface area contributed by atoms with Crippen LogP contribution in [0.5, 0.6) is 5.75 Å². The van der Waals surface area contributed by atoms with Crippen molar-refractivity contribution in [2.45, 2.75) is 20.3 Å². The summed E-state index contributed by atoms with van der Waals surface area (Å²) in [6.45, 7) is 3.02. The number of anilines is 1. The average Bonchev–Trinajstić information content (AvgIpc) is 2.82. The van der Waals surface area contributed by atoms with Gasteiger partial charge in [-0.2, -0.15) is 0 Å². The zero-order chi connectivity index (χ0) is 24.2. The average molecular weight is 456 g/mol. The van der Waals surface area contributed by atoms with Crippen LogP contribution in [0.3, 0.4) is 0 Å². The number of carbonyl (C=O) groups is 4. The van der Waals surface area contributed by atoms with Crippen molar-refractivity contribution in [1.29, 1.82) is 0 Å². The number of ether oxygens (including phenoxy) is 2. The highest BCUT2D eigenvalue weighted by Gasteiger charge is 2.19. The van der Waals surface area contributed by atoms with E-state index >= 15 is 0 Å². The Balaban J connectivity index is 1.80. The molecule has 0 radical (unpaired) electrons. The van der Waals surface area contributed by atoms with Crippen LogP contribution >= 0.6 is 0 Å². The first-order valence-corrected chi connectivity index (χ1v) is 10.5. The Morgan fingerprint density at radius 2 is 1.70 bits per heavy atom. The molecule has 3 amide bonds. The minimum Gasteiger partial charge on any atom is -0.497 e. The lowest BCUT2D eigenvalue weighted by atomic mass is 10.2. The molecule has 2 N–H and O–H groups in total. The van der Waals surface area contributed by atoms with E-state index in [1.165, 1.54) is 12.0 Å². The SMILES string of the molecule is CCCN(CC(=O)Nc1ccccc1C)C(=O)COC(=O)CNC(=O)c1ccc(OC)cc1. The quantitative estimate of drug-likeness (QED) is 0.502. The van der Waals surface area contributed by atoms with E-state index in [0.717, 1.165) is 5.56 Å². The molecule has 2 aromatic rings. The molecule has 9 heteroatoms. The van der Waals surface area contributed by atoms with Gasteiger partial charge in [0.1, 0.15) is 12.3 Å². The van der Waals surface area contributed by atoms with Crippen LogP contribution in [0.2, 0.25) is 0 Å². The van der Waals surface area contributed by atoms with Crippen molar-refractivity contribution < 1.29 is 28.7 Å². The lowest BCUT2D eigenvalue weighted by molar-refractivity contribution is -0.151. The predicted octanol–water partition coefficient (Wildman–Crippen LogP) is 2.15. The maximum absolute atomic E-state index is 12.5. The van der Waals surface area contributed by atoms with Gasteiger partial charge in [-0.1, -0.05) is 25.1 Å². The maximum atomic E-state index is 12.5. The van der Waals surface area contributed by atoms with Gasteiger partial charge in [0.2, 0.25) is 5.91 Å². The zero-order valence-electron chi connectivity index (χ0n) is 19.1. The van der Waals surface area contributed by atoms with E-state index in [9.17, 15) is 19.2 Å². The van der Waals surface area contributed by atoms with E-state index in [1.54, 1.807) is 30.3 Å². The smallest absolute Gasteiger partial charge is 0.325 e. The molecular formula is C24H29N3O6. The second-order valence-electron chi connectivity index (χ2n) is 7.25. The van der Waals surface area contributed by atoms with Gasteiger partial charge in [-0.15, -0.1) is 0 Å². The van der Waals surface area contributed by atoms with Crippen LogP contribution in [0.15, 0.2) is 48.5 Å². The first-order valence-electron chi connectivity index (χ1n) is 10.5. The topological polar surface area (TPSA) is 114 Å². The fourth-order valence-electron chi connectivity index (χ4n) is 2.92. The van der Waals surface area contributed by atoms with Gasteiger partial charge < -0.3 is 25.0 Å². The number of amides is 3. The van der Waals surface area contributed by atoms with E-state index in [2.05, 4.69) is 10.6 Å². The maximum Gasteiger partial charge on any atom is 0.325 e. The molecule has 0 aromatic heterocycles. The molecule has 2 rings (SSSR count). The van der Waals surface area contributed by atoms with Crippen molar-refractivity contribution in [3.63, 3.8) is 0 Å². The monoisotopic (exact) mass is 455 g/mol. The molecule has 176 valence electrons. The number of hydrogen-bond acceptors (Lipinski definition) is 6. The van der Waals surface area contributed by atoms with Crippen LogP contribution in [0, 0.1) is 6.92 Å². The van der Waals surface area contributed by atoms with Gasteiger partial charge in [0.15, 0.2) is 6.61 Å². The highest BCUT2D eigenvalue weighted by Crippen LogP contribution is 2.13. The molecule has 0 aliphatic rings. The molecule has 0 saturated heterocycles. The number of carbonyl (C=O) groups excluding carboxylic acids is 4. The highest BCUT2D eigenvalue weighted by molar-refractivity contribution is 5.97. The third kappa shape index (κ3) is 8.29. The molecule has 0 unspecified atom stereocenters. The van der Waals surface area contributed by atoms with E-state index < -0.39 is 24.4 Å². The van der Waals surface area contributed by atoms with E-state index in [-0.39, 0.29) is 19.0 Å². The van der Waals surface area contributed by atoms with Crippen LogP contribution in [0.25, 0.3) is 0 Å². The molecule has 0 fully saturated rings. The van der Waals surface area contributed by atoms with E-state index in [4.69, 9.17) is 9.47 Å². The number of hydrogen-bond donors (Lipinski definition) is 2. The molecule has 0 atom stereocenters. The third-order valence-corrected chi connectivity index (χ3v) is 4.70. The van der Waals surface area contributed by atoms with Crippen LogP contribution in [0.1, 0.15) is 29.3 Å². The number of para-hydroxylation sites is 1. The molecule has 33 heavy (non-hydrogen) atoms. The lowest BCUT2D eigenvalue weighted by Gasteiger charge is -2.21. The number of methoxy groups -OCH3 is 1. The summed E-state index contributed by atoms with van der Waals surface area (Å²) in [6.07, 6.45) is 0.634. The fraction of sp³-hybridized carbons (Fsp3) is 0.333. The van der Waals surface area contributed by atoms with Crippen molar-refractivity contribution in [1.82, 2.24) is 10.2 Å². The van der Waals surface area contributed by atoms with Gasteiger partial charge in [-0.3, -0.25) is 19.2 Å². The van der Waals surface area contributed by atoms with Crippen LogP contribution < -0.4 is 15.4 Å². The summed E-state index contributed by atoms with van der Waals surface area (Å²) < 4.78 is 10.0. The molecule has 0 aliphatic heterocycles. The standard InChI is InChI=1S/C24H29N3O6/c1-4-13-27(15-21(28)26-20-8-6-5-7-17(20)2)22(29)16-33-23(30)14-25-24(31)18-9-11-19(32-3)12-10-18/h5-12H,4,13-16H2,1-3H3,(H,25,31)(H,26,28). The largest absolute Gasteiger partial charge is 0.497 e. The highest BCUT2D eigenvalue weighted by atomic mass is 16.5. The molecule has 9 nitrogen and oxygen atoms in total. The second kappa shape index (κ2) is 12.8. The molecule has 0 spiro atoms. The number of aryl methyl sites for hydroxylation is 1. The number of nitrogens with zero attached hydrogens (tertiary/aromatic N) is 1. The Morgan fingerprint density at radius 1 is 1.00 bits per heavy atom. The Kier molecular flexibility index (Phi) is 9.88. The zero-order valence-corrected chi connectivity index (χ0v) is 19.1. The lowest BCUT2D eigenvalue weighted by Crippen LogP contribution is -2.41. The predicted molar refractivity (Wildman–Crippen MR) is 123 cm³/mol. The van der Waals surface area contributed by atoms with Gasteiger partial charge in [-0.25, -0.2) is 0 Å². The molecular weight excluding hydrogens is 426 g/mol. The fourth-order valence-corrected chi connectivity index (χ4v) is 2.92. The second-order valence-corrected chi connectivity index (χ2v) is 7.25. The minimum absolute atomic E-state index is 0.160. The van der Waals surface area contributed by atoms with Crippen molar-refractivity contribution in [2.24, 2.45) is 0 Å². The number of nitrogens with one attached hydrogen (secondary N) is 2. The summed E-state index contributed by atoms with van der Waals surface area (Å²) in [5.74, 6) is -1.45. The van der Waals surface area contributed by atoms with Gasteiger partial charge in [0.25, 0.3) is 11.8 Å². The van der Waals surface area contributed by atoms with Crippen LogP contribution in [0.4, 0.5) is 5.69 Å². The summed E-state index contributed by atoms with van der Waals surface area (Å²) in [5, 5.41) is 5.21. The summed E-state index contributed by atoms with van der Waals surface area (Å²) in [7, 11) is 1.52. The molecule has 0 bridgehead atoms. The van der Waals surface area contributed by atoms with E-state index in [0.29, 0.717) is 30.0 Å². The molecule has 0 aliphatic carbocycles. The number of esters is 1. The summed E-state index contributed by atoms with van der Waals surface area (Å²) in [4.78, 5) is 50.2. The molecule has 2 aromatic carbocycles. The first kappa shape index (κ1) is 25.4. The van der Waals surface area contributed by atoms with Crippen molar-refractivity contribution in [3.8, 4) is 5.75 Å². The van der Waals surface area contributed by atoms with Gasteiger partial charge in [0, 0.05) is 17.8 Å².